The highest BCUT2D eigenvalue weighted by Crippen LogP contribution is 2.47. The minimum Gasteiger partial charge on any atom is -0.298 e. The molecule has 3 unspecified atom stereocenters. The van der Waals surface area contributed by atoms with Gasteiger partial charge in [0.05, 0.1) is 0 Å². The number of carbonyl (C=O) groups excluding carboxylic acids is 1. The van der Waals surface area contributed by atoms with Gasteiger partial charge in [-0.2, -0.15) is 0 Å². The Hall–Kier alpha value is -1.63. The van der Waals surface area contributed by atoms with E-state index in [0.29, 0.717) is 5.92 Å². The molecule has 1 fully saturated rings. The number of unbranched alkanes of at least 4 members (excludes halogenated alkanes) is 2. The fraction of sp³-hybridized carbons (Fsp3) is 0.522. The van der Waals surface area contributed by atoms with Crippen LogP contribution in [0.25, 0.3) is 5.57 Å². The van der Waals surface area contributed by atoms with Crippen LogP contribution in [-0.2, 0) is 0 Å². The fourth-order valence-corrected chi connectivity index (χ4v) is 3.59. The van der Waals surface area contributed by atoms with Crippen molar-refractivity contribution in [2.24, 2.45) is 17.8 Å². The lowest BCUT2D eigenvalue weighted by Crippen LogP contribution is -2.07. The number of rotatable bonds is 11. The highest BCUT2D eigenvalue weighted by molar-refractivity contribution is 5.76. The summed E-state index contributed by atoms with van der Waals surface area (Å²) in [6, 6.07) is 7.76. The molecule has 24 heavy (non-hydrogen) atoms. The van der Waals surface area contributed by atoms with Crippen LogP contribution in [0.5, 0.6) is 0 Å². The fourth-order valence-electron chi connectivity index (χ4n) is 3.59. The lowest BCUT2D eigenvalue weighted by atomic mass is 9.85. The average Bonchev–Trinajstić information content (AvgIpc) is 3.34. The number of hydrogen-bond donors (Lipinski definition) is 0. The Balaban J connectivity index is 1.91. The molecule has 2 rings (SSSR count). The minimum absolute atomic E-state index is 0.637. The van der Waals surface area contributed by atoms with Gasteiger partial charge >= 0.3 is 0 Å². The quantitative estimate of drug-likeness (QED) is 0.251. The van der Waals surface area contributed by atoms with E-state index in [1.165, 1.54) is 43.3 Å². The molecule has 0 amide bonds. The molecule has 0 radical (unpaired) electrons. The predicted octanol–water partition coefficient (Wildman–Crippen LogP) is 6.70. The Morgan fingerprint density at radius 1 is 1.21 bits per heavy atom. The van der Waals surface area contributed by atoms with Crippen molar-refractivity contribution in [1.29, 1.82) is 0 Å². The zero-order valence-electron chi connectivity index (χ0n) is 15.4. The smallest absolute Gasteiger partial charge is 0.150 e. The largest absolute Gasteiger partial charge is 0.298 e. The molecule has 1 saturated carbocycles. The minimum atomic E-state index is 0.637. The SMILES string of the molecule is C=C(CCC(CCCCC)C(=C)C1CC1C)c1ccc(C=O)cc1. The maximum absolute atomic E-state index is 10.8. The van der Waals surface area contributed by atoms with Crippen LogP contribution in [0.1, 0.15) is 74.7 Å². The number of aldehydes is 1. The van der Waals surface area contributed by atoms with E-state index in [1.807, 2.05) is 24.3 Å². The van der Waals surface area contributed by atoms with Gasteiger partial charge in [-0.1, -0.05) is 76.1 Å². The molecule has 3 atom stereocenters. The molecule has 1 aromatic carbocycles. The number of allylic oxidation sites excluding steroid dienone is 2. The predicted molar refractivity (Wildman–Crippen MR) is 104 cm³/mol. The average molecular weight is 325 g/mol. The summed E-state index contributed by atoms with van der Waals surface area (Å²) < 4.78 is 0. The van der Waals surface area contributed by atoms with Gasteiger partial charge in [-0.3, -0.25) is 4.79 Å². The van der Waals surface area contributed by atoms with Crippen LogP contribution >= 0.6 is 0 Å². The first-order chi connectivity index (χ1) is 11.6. The maximum Gasteiger partial charge on any atom is 0.150 e. The Morgan fingerprint density at radius 3 is 2.42 bits per heavy atom. The first kappa shape index (κ1) is 18.7. The van der Waals surface area contributed by atoms with Gasteiger partial charge in [0.25, 0.3) is 0 Å². The van der Waals surface area contributed by atoms with E-state index in [0.717, 1.165) is 42.1 Å². The van der Waals surface area contributed by atoms with Gasteiger partial charge in [0.1, 0.15) is 6.29 Å². The summed E-state index contributed by atoms with van der Waals surface area (Å²) in [6.07, 6.45) is 9.55. The van der Waals surface area contributed by atoms with Crippen molar-refractivity contribution in [1.82, 2.24) is 0 Å². The molecule has 0 saturated heterocycles. The number of benzene rings is 1. The van der Waals surface area contributed by atoms with Crippen LogP contribution in [-0.4, -0.2) is 6.29 Å². The van der Waals surface area contributed by atoms with Crippen molar-refractivity contribution < 1.29 is 4.79 Å². The van der Waals surface area contributed by atoms with Crippen LogP contribution in [0, 0.1) is 17.8 Å². The molecule has 0 bridgehead atoms. The third-order valence-electron chi connectivity index (χ3n) is 5.52. The summed E-state index contributed by atoms with van der Waals surface area (Å²) in [5.74, 6) is 2.24. The molecule has 1 aromatic rings. The first-order valence-corrected chi connectivity index (χ1v) is 9.48. The van der Waals surface area contributed by atoms with Crippen LogP contribution in [0.3, 0.4) is 0 Å². The standard InChI is InChI=1S/C23H32O/c1-5-6-7-8-22(19(4)23-15-18(23)3)12-9-17(2)21-13-10-20(16-24)11-14-21/h10-11,13-14,16,18,22-23H,2,4-9,12,15H2,1,3H3. The van der Waals surface area contributed by atoms with Gasteiger partial charge in [0.2, 0.25) is 0 Å². The molecular weight excluding hydrogens is 292 g/mol. The maximum atomic E-state index is 10.8. The van der Waals surface area contributed by atoms with Gasteiger partial charge in [-0.15, -0.1) is 0 Å². The summed E-state index contributed by atoms with van der Waals surface area (Å²) >= 11 is 0. The Morgan fingerprint density at radius 2 is 1.88 bits per heavy atom. The topological polar surface area (TPSA) is 17.1 Å². The zero-order valence-corrected chi connectivity index (χ0v) is 15.4. The summed E-state index contributed by atoms with van der Waals surface area (Å²) in [5.41, 5.74) is 4.53. The van der Waals surface area contributed by atoms with E-state index in [9.17, 15) is 4.79 Å². The molecule has 0 spiro atoms. The second-order valence-corrected chi connectivity index (χ2v) is 7.47. The third kappa shape index (κ3) is 5.19. The molecule has 0 aliphatic heterocycles. The second-order valence-electron chi connectivity index (χ2n) is 7.47. The normalized spacial score (nSPS) is 20.4. The van der Waals surface area contributed by atoms with Crippen LogP contribution in [0.4, 0.5) is 0 Å². The zero-order chi connectivity index (χ0) is 17.5. The van der Waals surface area contributed by atoms with E-state index in [4.69, 9.17) is 0 Å². The van der Waals surface area contributed by atoms with Crippen molar-refractivity contribution in [3.05, 3.63) is 54.1 Å². The van der Waals surface area contributed by atoms with Gasteiger partial charge < -0.3 is 0 Å². The van der Waals surface area contributed by atoms with Gasteiger partial charge in [-0.25, -0.2) is 0 Å². The molecule has 0 aromatic heterocycles. The van der Waals surface area contributed by atoms with E-state index >= 15 is 0 Å². The van der Waals surface area contributed by atoms with Crippen LogP contribution in [0.15, 0.2) is 43.0 Å². The van der Waals surface area contributed by atoms with E-state index in [2.05, 4.69) is 27.0 Å². The van der Waals surface area contributed by atoms with E-state index in [1.54, 1.807) is 0 Å². The van der Waals surface area contributed by atoms with Crippen molar-refractivity contribution >= 4 is 11.9 Å². The van der Waals surface area contributed by atoms with Gasteiger partial charge in [0, 0.05) is 5.56 Å². The van der Waals surface area contributed by atoms with Crippen molar-refractivity contribution in [2.75, 3.05) is 0 Å². The molecule has 1 aliphatic carbocycles. The molecule has 0 heterocycles. The lowest BCUT2D eigenvalue weighted by molar-refractivity contribution is 0.112. The van der Waals surface area contributed by atoms with E-state index in [-0.39, 0.29) is 0 Å². The summed E-state index contributed by atoms with van der Waals surface area (Å²) in [5, 5.41) is 0. The van der Waals surface area contributed by atoms with Crippen LogP contribution < -0.4 is 0 Å². The Bertz CT molecular complexity index is 566. The molecule has 0 N–H and O–H groups in total. The lowest BCUT2D eigenvalue weighted by Gasteiger charge is -2.20. The third-order valence-corrected chi connectivity index (χ3v) is 5.52. The molecule has 1 aliphatic rings. The Kier molecular flexibility index (Phi) is 7.02. The van der Waals surface area contributed by atoms with Gasteiger partial charge in [-0.05, 0) is 54.6 Å². The molecule has 1 nitrogen and oxygen atoms in total. The summed E-state index contributed by atoms with van der Waals surface area (Å²) in [6.45, 7) is 13.3. The molecule has 130 valence electrons. The van der Waals surface area contributed by atoms with Crippen molar-refractivity contribution in [3.63, 3.8) is 0 Å². The number of hydrogen-bond acceptors (Lipinski definition) is 1. The highest BCUT2D eigenvalue weighted by Gasteiger charge is 2.37. The molecule has 1 heteroatoms. The van der Waals surface area contributed by atoms with E-state index < -0.39 is 0 Å². The highest BCUT2D eigenvalue weighted by atomic mass is 16.1. The van der Waals surface area contributed by atoms with Crippen molar-refractivity contribution in [3.8, 4) is 0 Å². The summed E-state index contributed by atoms with van der Waals surface area (Å²) in [4.78, 5) is 10.8. The molecular formula is C23H32O. The Labute approximate surface area is 147 Å². The second kappa shape index (κ2) is 9.01. The summed E-state index contributed by atoms with van der Waals surface area (Å²) in [7, 11) is 0. The van der Waals surface area contributed by atoms with Crippen LogP contribution in [0.2, 0.25) is 0 Å². The number of carbonyl (C=O) groups is 1. The van der Waals surface area contributed by atoms with Crippen molar-refractivity contribution in [2.45, 2.75) is 58.8 Å². The monoisotopic (exact) mass is 324 g/mol. The van der Waals surface area contributed by atoms with Gasteiger partial charge in [0.15, 0.2) is 0 Å². The first-order valence-electron chi connectivity index (χ1n) is 9.48.